The van der Waals surface area contributed by atoms with Gasteiger partial charge in [-0.25, -0.2) is 4.98 Å². The van der Waals surface area contributed by atoms with E-state index < -0.39 is 0 Å². The second-order valence-corrected chi connectivity index (χ2v) is 6.65. The third kappa shape index (κ3) is 4.18. The summed E-state index contributed by atoms with van der Waals surface area (Å²) >= 11 is 6.96. The lowest BCUT2D eigenvalue weighted by Gasteiger charge is -2.35. The zero-order valence-corrected chi connectivity index (χ0v) is 15.1. The highest BCUT2D eigenvalue weighted by Crippen LogP contribution is 2.27. The fraction of sp³-hybridized carbons (Fsp3) is 0.375. The van der Waals surface area contributed by atoms with Gasteiger partial charge in [0, 0.05) is 45.3 Å². The zero-order chi connectivity index (χ0) is 17.6. The van der Waals surface area contributed by atoms with Crippen molar-refractivity contribution in [3.05, 3.63) is 35.1 Å². The highest BCUT2D eigenvalue weighted by atomic mass is 35.5. The number of anilines is 2. The Balaban J connectivity index is 1.45. The van der Waals surface area contributed by atoms with Crippen LogP contribution in [0.25, 0.3) is 0 Å². The molecule has 0 radical (unpaired) electrons. The number of halogens is 1. The SMILES string of the molecule is N#Cc1c(Cl)nsc1NCCC(=O)N1CCN(c2ccccn2)CC1. The molecule has 0 saturated carbocycles. The van der Waals surface area contributed by atoms with E-state index in [9.17, 15) is 4.79 Å². The number of hydrogen-bond acceptors (Lipinski definition) is 7. The van der Waals surface area contributed by atoms with Crippen molar-refractivity contribution in [2.75, 3.05) is 42.9 Å². The Morgan fingerprint density at radius 1 is 1.36 bits per heavy atom. The van der Waals surface area contributed by atoms with Crippen molar-refractivity contribution < 1.29 is 4.79 Å². The number of rotatable bonds is 5. The molecule has 0 spiro atoms. The quantitative estimate of drug-likeness (QED) is 0.861. The summed E-state index contributed by atoms with van der Waals surface area (Å²) in [5.41, 5.74) is 0.336. The van der Waals surface area contributed by atoms with Gasteiger partial charge in [-0.15, -0.1) is 0 Å². The van der Waals surface area contributed by atoms with Crippen molar-refractivity contribution >= 4 is 39.9 Å². The molecule has 0 unspecified atom stereocenters. The molecule has 0 bridgehead atoms. The van der Waals surface area contributed by atoms with E-state index >= 15 is 0 Å². The van der Waals surface area contributed by atoms with Gasteiger partial charge >= 0.3 is 0 Å². The summed E-state index contributed by atoms with van der Waals surface area (Å²) in [6.07, 6.45) is 2.14. The molecule has 2 aromatic rings. The molecule has 1 aliphatic heterocycles. The molecule has 1 amide bonds. The van der Waals surface area contributed by atoms with Crippen LogP contribution in [-0.2, 0) is 4.79 Å². The van der Waals surface area contributed by atoms with Crippen LogP contribution < -0.4 is 10.2 Å². The number of nitrogens with zero attached hydrogens (tertiary/aromatic N) is 5. The van der Waals surface area contributed by atoms with Crippen LogP contribution >= 0.6 is 23.1 Å². The third-order valence-corrected chi connectivity index (χ3v) is 5.17. The molecular formula is C16H17ClN6OS. The minimum Gasteiger partial charge on any atom is -0.374 e. The summed E-state index contributed by atoms with van der Waals surface area (Å²) in [7, 11) is 0. The van der Waals surface area contributed by atoms with Gasteiger partial charge in [-0.3, -0.25) is 4.79 Å². The number of carbonyl (C=O) groups is 1. The Morgan fingerprint density at radius 3 is 2.84 bits per heavy atom. The maximum Gasteiger partial charge on any atom is 0.224 e. The van der Waals surface area contributed by atoms with Crippen LogP contribution in [0.5, 0.6) is 0 Å². The van der Waals surface area contributed by atoms with E-state index in [-0.39, 0.29) is 11.1 Å². The van der Waals surface area contributed by atoms with Gasteiger partial charge in [-0.2, -0.15) is 9.64 Å². The molecule has 1 fully saturated rings. The number of carbonyl (C=O) groups excluding carboxylic acids is 1. The van der Waals surface area contributed by atoms with Gasteiger partial charge in [-0.1, -0.05) is 17.7 Å². The third-order valence-electron chi connectivity index (χ3n) is 3.99. The predicted octanol–water partition coefficient (Wildman–Crippen LogP) is 2.21. The maximum absolute atomic E-state index is 12.3. The lowest BCUT2D eigenvalue weighted by atomic mass is 10.2. The molecule has 25 heavy (non-hydrogen) atoms. The Hall–Kier alpha value is -2.37. The van der Waals surface area contributed by atoms with Crippen molar-refractivity contribution in [3.8, 4) is 6.07 Å². The predicted molar refractivity (Wildman–Crippen MR) is 98.0 cm³/mol. The van der Waals surface area contributed by atoms with Crippen LogP contribution in [0.15, 0.2) is 24.4 Å². The Morgan fingerprint density at radius 2 is 2.16 bits per heavy atom. The standard InChI is InChI=1S/C16H17ClN6OS/c17-15-12(11-18)16(25-21-15)20-6-4-14(24)23-9-7-22(8-10-23)13-3-1-2-5-19-13/h1-3,5,20H,4,6-10H2. The molecule has 130 valence electrons. The fourth-order valence-electron chi connectivity index (χ4n) is 2.66. The van der Waals surface area contributed by atoms with Gasteiger partial charge in [0.2, 0.25) is 5.91 Å². The molecule has 1 aliphatic rings. The Kier molecular flexibility index (Phi) is 5.68. The van der Waals surface area contributed by atoms with Gasteiger partial charge in [-0.05, 0) is 23.7 Å². The number of piperazine rings is 1. The first-order valence-corrected chi connectivity index (χ1v) is 9.07. The number of nitrogens with one attached hydrogen (secondary N) is 1. The van der Waals surface area contributed by atoms with E-state index in [2.05, 4.69) is 19.6 Å². The number of hydrogen-bond donors (Lipinski definition) is 1. The van der Waals surface area contributed by atoms with Crippen LogP contribution in [0.1, 0.15) is 12.0 Å². The number of aromatic nitrogens is 2. The number of pyridine rings is 1. The van der Waals surface area contributed by atoms with Crippen LogP contribution in [0.3, 0.4) is 0 Å². The largest absolute Gasteiger partial charge is 0.374 e. The van der Waals surface area contributed by atoms with Gasteiger partial charge in [0.05, 0.1) is 0 Å². The smallest absolute Gasteiger partial charge is 0.224 e. The molecule has 0 atom stereocenters. The molecule has 1 saturated heterocycles. The van der Waals surface area contributed by atoms with Crippen molar-refractivity contribution in [1.82, 2.24) is 14.3 Å². The minimum absolute atomic E-state index is 0.0993. The van der Waals surface area contributed by atoms with E-state index in [4.69, 9.17) is 16.9 Å². The number of nitriles is 1. The number of amides is 1. The van der Waals surface area contributed by atoms with Crippen molar-refractivity contribution in [1.29, 1.82) is 5.26 Å². The summed E-state index contributed by atoms with van der Waals surface area (Å²) in [6, 6.07) is 7.85. The summed E-state index contributed by atoms with van der Waals surface area (Å²) in [5.74, 6) is 1.05. The van der Waals surface area contributed by atoms with E-state index in [1.807, 2.05) is 29.2 Å². The Labute approximate surface area is 155 Å². The van der Waals surface area contributed by atoms with Crippen LogP contribution in [-0.4, -0.2) is 52.9 Å². The lowest BCUT2D eigenvalue weighted by molar-refractivity contribution is -0.131. The fourth-order valence-corrected chi connectivity index (χ4v) is 3.61. The lowest BCUT2D eigenvalue weighted by Crippen LogP contribution is -2.49. The van der Waals surface area contributed by atoms with Crippen LogP contribution in [0, 0.1) is 11.3 Å². The van der Waals surface area contributed by atoms with E-state index in [1.165, 1.54) is 0 Å². The average molecular weight is 377 g/mol. The van der Waals surface area contributed by atoms with Gasteiger partial charge in [0.25, 0.3) is 0 Å². The van der Waals surface area contributed by atoms with Crippen LogP contribution in [0.4, 0.5) is 10.8 Å². The first-order chi connectivity index (χ1) is 12.2. The first kappa shape index (κ1) is 17.5. The van der Waals surface area contributed by atoms with Gasteiger partial charge in [0.15, 0.2) is 5.15 Å². The average Bonchev–Trinajstić information content (AvgIpc) is 3.02. The zero-order valence-electron chi connectivity index (χ0n) is 13.5. The molecule has 9 heteroatoms. The summed E-state index contributed by atoms with van der Waals surface area (Å²) in [6.45, 7) is 3.38. The van der Waals surface area contributed by atoms with Gasteiger partial charge in [0.1, 0.15) is 22.5 Å². The maximum atomic E-state index is 12.3. The Bertz CT molecular complexity index is 767. The van der Waals surface area contributed by atoms with Crippen molar-refractivity contribution in [2.24, 2.45) is 0 Å². The van der Waals surface area contributed by atoms with E-state index in [1.54, 1.807) is 6.20 Å². The highest BCUT2D eigenvalue weighted by Gasteiger charge is 2.21. The molecule has 7 nitrogen and oxygen atoms in total. The normalized spacial score (nSPS) is 14.2. The monoisotopic (exact) mass is 376 g/mol. The van der Waals surface area contributed by atoms with Gasteiger partial charge < -0.3 is 15.1 Å². The molecule has 0 aliphatic carbocycles. The molecule has 0 aromatic carbocycles. The minimum atomic E-state index is 0.0993. The summed E-state index contributed by atoms with van der Waals surface area (Å²) in [4.78, 5) is 20.7. The van der Waals surface area contributed by atoms with E-state index in [0.29, 0.717) is 36.6 Å². The topological polar surface area (TPSA) is 85.1 Å². The molecule has 3 heterocycles. The molecule has 2 aromatic heterocycles. The second-order valence-electron chi connectivity index (χ2n) is 5.52. The van der Waals surface area contributed by atoms with Crippen molar-refractivity contribution in [3.63, 3.8) is 0 Å². The molecule has 3 rings (SSSR count). The summed E-state index contributed by atoms with van der Waals surface area (Å²) < 4.78 is 3.93. The van der Waals surface area contributed by atoms with E-state index in [0.717, 1.165) is 30.4 Å². The highest BCUT2D eigenvalue weighted by molar-refractivity contribution is 7.10. The van der Waals surface area contributed by atoms with Crippen LogP contribution in [0.2, 0.25) is 5.15 Å². The second kappa shape index (κ2) is 8.14. The first-order valence-electron chi connectivity index (χ1n) is 7.92. The van der Waals surface area contributed by atoms with Crippen molar-refractivity contribution in [2.45, 2.75) is 6.42 Å². The summed E-state index contributed by atoms with van der Waals surface area (Å²) in [5, 5.41) is 12.9. The molecule has 1 N–H and O–H groups in total. The molecular weight excluding hydrogens is 360 g/mol.